The number of hydrogen-bond acceptors (Lipinski definition) is 4. The summed E-state index contributed by atoms with van der Waals surface area (Å²) in [5, 5.41) is 2.02. The summed E-state index contributed by atoms with van der Waals surface area (Å²) in [6, 6.07) is 22.9. The molecule has 0 amide bonds. The molecule has 0 aliphatic rings. The van der Waals surface area contributed by atoms with Crippen LogP contribution in [0, 0.1) is 0 Å². The van der Waals surface area contributed by atoms with Crippen molar-refractivity contribution in [3.05, 3.63) is 85.2 Å². The molecule has 0 spiro atoms. The average molecular weight is 314 g/mol. The fourth-order valence-electron chi connectivity index (χ4n) is 2.42. The van der Waals surface area contributed by atoms with Crippen molar-refractivity contribution in [1.82, 2.24) is 9.97 Å². The van der Waals surface area contributed by atoms with Gasteiger partial charge in [-0.15, -0.1) is 0 Å². The lowest BCUT2D eigenvalue weighted by Gasteiger charge is -2.10. The van der Waals surface area contributed by atoms with Gasteiger partial charge in [-0.25, -0.2) is 9.97 Å². The smallest absolute Gasteiger partial charge is 0.219 e. The number of benzene rings is 2. The minimum absolute atomic E-state index is 0.556. The molecule has 0 aliphatic carbocycles. The Morgan fingerprint density at radius 3 is 2.08 bits per heavy atom. The zero-order valence-electron chi connectivity index (χ0n) is 12.8. The van der Waals surface area contributed by atoms with Crippen LogP contribution in [0.5, 0.6) is 23.3 Å². The molecule has 4 nitrogen and oxygen atoms in total. The first-order valence-electron chi connectivity index (χ1n) is 7.59. The highest BCUT2D eigenvalue weighted by Crippen LogP contribution is 2.32. The summed E-state index contributed by atoms with van der Waals surface area (Å²) >= 11 is 0. The molecule has 0 saturated heterocycles. The normalized spacial score (nSPS) is 10.5. The number of hydrogen-bond donors (Lipinski definition) is 0. The summed E-state index contributed by atoms with van der Waals surface area (Å²) in [7, 11) is 0. The summed E-state index contributed by atoms with van der Waals surface area (Å²) in [5.74, 6) is 2.55. The van der Waals surface area contributed by atoms with Crippen LogP contribution in [0.4, 0.5) is 0 Å². The van der Waals surface area contributed by atoms with Gasteiger partial charge in [0.15, 0.2) is 0 Å². The van der Waals surface area contributed by atoms with Crippen LogP contribution in [0.3, 0.4) is 0 Å². The minimum Gasteiger partial charge on any atom is -0.439 e. The second-order valence-electron chi connectivity index (χ2n) is 5.18. The second kappa shape index (κ2) is 6.38. The lowest BCUT2D eigenvalue weighted by atomic mass is 10.1. The number of nitrogens with zero attached hydrogens (tertiary/aromatic N) is 2. The molecule has 0 aliphatic heterocycles. The quantitative estimate of drug-likeness (QED) is 0.518. The van der Waals surface area contributed by atoms with Crippen molar-refractivity contribution in [2.45, 2.75) is 0 Å². The maximum atomic E-state index is 5.91. The molecule has 2 heterocycles. The Labute approximate surface area is 139 Å². The lowest BCUT2D eigenvalue weighted by Crippen LogP contribution is -1.90. The van der Waals surface area contributed by atoms with E-state index in [9.17, 15) is 0 Å². The predicted molar refractivity (Wildman–Crippen MR) is 92.6 cm³/mol. The molecule has 0 radical (unpaired) electrons. The monoisotopic (exact) mass is 314 g/mol. The zero-order valence-corrected chi connectivity index (χ0v) is 12.8. The van der Waals surface area contributed by atoms with E-state index in [4.69, 9.17) is 9.47 Å². The van der Waals surface area contributed by atoms with Crippen LogP contribution in [-0.4, -0.2) is 9.97 Å². The van der Waals surface area contributed by atoms with E-state index in [1.807, 2.05) is 72.8 Å². The molecule has 116 valence electrons. The Kier molecular flexibility index (Phi) is 3.78. The third kappa shape index (κ3) is 3.03. The van der Waals surface area contributed by atoms with E-state index < -0.39 is 0 Å². The summed E-state index contributed by atoms with van der Waals surface area (Å²) in [6.45, 7) is 0. The minimum atomic E-state index is 0.556. The number of aromatic nitrogens is 2. The van der Waals surface area contributed by atoms with Gasteiger partial charge in [-0.2, -0.15) is 0 Å². The summed E-state index contributed by atoms with van der Waals surface area (Å²) in [4.78, 5) is 8.39. The van der Waals surface area contributed by atoms with E-state index in [0.717, 1.165) is 16.5 Å². The molecule has 0 saturated carbocycles. The number of ether oxygens (including phenoxy) is 2. The lowest BCUT2D eigenvalue weighted by molar-refractivity contribution is 0.460. The first kappa shape index (κ1) is 14.2. The topological polar surface area (TPSA) is 44.2 Å². The highest BCUT2D eigenvalue weighted by Gasteiger charge is 2.07. The Morgan fingerprint density at radius 2 is 1.38 bits per heavy atom. The SMILES string of the molecule is c1ccc(Oc2ccc3cccc(Oc4ccccn4)c3c2)nc1. The molecule has 24 heavy (non-hydrogen) atoms. The van der Waals surface area contributed by atoms with E-state index in [1.165, 1.54) is 0 Å². The highest BCUT2D eigenvalue weighted by atomic mass is 16.5. The first-order valence-corrected chi connectivity index (χ1v) is 7.59. The van der Waals surface area contributed by atoms with E-state index in [2.05, 4.69) is 9.97 Å². The highest BCUT2D eigenvalue weighted by molar-refractivity contribution is 5.89. The van der Waals surface area contributed by atoms with Crippen molar-refractivity contribution < 1.29 is 9.47 Å². The van der Waals surface area contributed by atoms with Crippen molar-refractivity contribution in [3.8, 4) is 23.3 Å². The Morgan fingerprint density at radius 1 is 0.625 bits per heavy atom. The van der Waals surface area contributed by atoms with Crippen molar-refractivity contribution >= 4 is 10.8 Å². The molecule has 2 aromatic heterocycles. The molecule has 4 heteroatoms. The van der Waals surface area contributed by atoms with E-state index in [1.54, 1.807) is 12.4 Å². The zero-order chi connectivity index (χ0) is 16.2. The van der Waals surface area contributed by atoms with Gasteiger partial charge in [-0.1, -0.05) is 30.3 Å². The van der Waals surface area contributed by atoms with Gasteiger partial charge in [0.25, 0.3) is 0 Å². The van der Waals surface area contributed by atoms with Crippen molar-refractivity contribution in [2.75, 3.05) is 0 Å². The number of fused-ring (bicyclic) bond motifs is 1. The predicted octanol–water partition coefficient (Wildman–Crippen LogP) is 5.21. The van der Waals surface area contributed by atoms with Crippen LogP contribution in [0.25, 0.3) is 10.8 Å². The fourth-order valence-corrected chi connectivity index (χ4v) is 2.42. The fraction of sp³-hybridized carbons (Fsp3) is 0. The Balaban J connectivity index is 1.71. The third-order valence-electron chi connectivity index (χ3n) is 3.53. The van der Waals surface area contributed by atoms with Gasteiger partial charge in [-0.3, -0.25) is 0 Å². The molecule has 0 fully saturated rings. The summed E-state index contributed by atoms with van der Waals surface area (Å²) < 4.78 is 11.7. The van der Waals surface area contributed by atoms with Crippen molar-refractivity contribution in [2.24, 2.45) is 0 Å². The molecule has 0 unspecified atom stereocenters. The van der Waals surface area contributed by atoms with Crippen LogP contribution in [-0.2, 0) is 0 Å². The molecule has 0 N–H and O–H groups in total. The van der Waals surface area contributed by atoms with Crippen LogP contribution < -0.4 is 9.47 Å². The molecular formula is C20H14N2O2. The number of rotatable bonds is 4. The van der Waals surface area contributed by atoms with Gasteiger partial charge in [0.05, 0.1) is 0 Å². The molecule has 0 atom stereocenters. The van der Waals surface area contributed by atoms with Crippen molar-refractivity contribution in [3.63, 3.8) is 0 Å². The van der Waals surface area contributed by atoms with Gasteiger partial charge in [-0.05, 0) is 35.7 Å². The molecule has 4 rings (SSSR count). The Bertz CT molecular complexity index is 957. The van der Waals surface area contributed by atoms with E-state index in [0.29, 0.717) is 17.5 Å². The van der Waals surface area contributed by atoms with Crippen molar-refractivity contribution in [1.29, 1.82) is 0 Å². The molecule has 4 aromatic rings. The number of pyridine rings is 2. The van der Waals surface area contributed by atoms with Gasteiger partial charge in [0.1, 0.15) is 11.5 Å². The van der Waals surface area contributed by atoms with Gasteiger partial charge < -0.3 is 9.47 Å². The summed E-state index contributed by atoms with van der Waals surface area (Å²) in [6.07, 6.45) is 3.40. The molecule has 2 aromatic carbocycles. The van der Waals surface area contributed by atoms with Crippen LogP contribution >= 0.6 is 0 Å². The van der Waals surface area contributed by atoms with Crippen LogP contribution in [0.1, 0.15) is 0 Å². The maximum Gasteiger partial charge on any atom is 0.219 e. The third-order valence-corrected chi connectivity index (χ3v) is 3.53. The van der Waals surface area contributed by atoms with E-state index >= 15 is 0 Å². The first-order chi connectivity index (χ1) is 11.9. The van der Waals surface area contributed by atoms with Gasteiger partial charge in [0.2, 0.25) is 11.8 Å². The van der Waals surface area contributed by atoms with Crippen LogP contribution in [0.2, 0.25) is 0 Å². The Hall–Kier alpha value is -3.40. The average Bonchev–Trinajstić information content (AvgIpc) is 2.64. The maximum absolute atomic E-state index is 5.91. The second-order valence-corrected chi connectivity index (χ2v) is 5.18. The summed E-state index contributed by atoms with van der Waals surface area (Å²) in [5.41, 5.74) is 0. The standard InChI is InChI=1S/C20H14N2O2/c1-3-12-21-19(8-1)23-16-11-10-15-6-5-7-18(17(15)14-16)24-20-9-2-4-13-22-20/h1-14H. The molecule has 0 bridgehead atoms. The van der Waals surface area contributed by atoms with Gasteiger partial charge >= 0.3 is 0 Å². The van der Waals surface area contributed by atoms with Crippen LogP contribution in [0.15, 0.2) is 85.2 Å². The molecular weight excluding hydrogens is 300 g/mol. The van der Waals surface area contributed by atoms with Gasteiger partial charge in [0, 0.05) is 29.9 Å². The largest absolute Gasteiger partial charge is 0.439 e. The van der Waals surface area contributed by atoms with E-state index in [-0.39, 0.29) is 0 Å².